The number of nitrogens with one attached hydrogen (secondary N) is 1. The molecule has 0 fully saturated rings. The Morgan fingerprint density at radius 1 is 1.28 bits per heavy atom. The number of hydrogen-bond donors (Lipinski definition) is 2. The van der Waals surface area contributed by atoms with Gasteiger partial charge in [-0.25, -0.2) is 4.79 Å². The van der Waals surface area contributed by atoms with Crippen LogP contribution >= 0.6 is 0 Å². The van der Waals surface area contributed by atoms with Gasteiger partial charge < -0.3 is 20.1 Å². The van der Waals surface area contributed by atoms with Crippen LogP contribution in [0.2, 0.25) is 0 Å². The van der Waals surface area contributed by atoms with Crippen LogP contribution in [-0.2, 0) is 9.53 Å². The van der Waals surface area contributed by atoms with E-state index in [0.717, 1.165) is 12.8 Å². The number of ether oxygens (including phenoxy) is 1. The molecule has 2 amide bonds. The molecule has 0 atom stereocenters. The average molecular weight is 260 g/mol. The van der Waals surface area contributed by atoms with Crippen LogP contribution < -0.4 is 5.32 Å². The second kappa shape index (κ2) is 10.8. The van der Waals surface area contributed by atoms with Crippen LogP contribution in [0.25, 0.3) is 0 Å². The number of carbonyl (C=O) groups is 2. The van der Waals surface area contributed by atoms with Crippen LogP contribution in [0.15, 0.2) is 0 Å². The summed E-state index contributed by atoms with van der Waals surface area (Å²) in [5.74, 6) is -0.769. The van der Waals surface area contributed by atoms with Gasteiger partial charge in [-0.15, -0.1) is 0 Å². The van der Waals surface area contributed by atoms with Gasteiger partial charge in [0.2, 0.25) is 0 Å². The van der Waals surface area contributed by atoms with Crippen molar-refractivity contribution >= 4 is 12.0 Å². The number of urea groups is 1. The van der Waals surface area contributed by atoms with Gasteiger partial charge in [0.1, 0.15) is 0 Å². The summed E-state index contributed by atoms with van der Waals surface area (Å²) in [6.45, 7) is 4.26. The first-order valence-electron chi connectivity index (χ1n) is 6.36. The first-order chi connectivity index (χ1) is 8.57. The van der Waals surface area contributed by atoms with Crippen molar-refractivity contribution in [3.8, 4) is 0 Å². The average Bonchev–Trinajstić information content (AvgIpc) is 2.33. The van der Waals surface area contributed by atoms with Crippen LogP contribution in [0.4, 0.5) is 4.79 Å². The molecule has 6 nitrogen and oxygen atoms in total. The van der Waals surface area contributed by atoms with Crippen LogP contribution in [0.3, 0.4) is 0 Å². The Labute approximate surface area is 108 Å². The van der Waals surface area contributed by atoms with Gasteiger partial charge in [0, 0.05) is 33.2 Å². The van der Waals surface area contributed by atoms with Gasteiger partial charge in [-0.05, 0) is 19.8 Å². The summed E-state index contributed by atoms with van der Waals surface area (Å²) < 4.78 is 5.16. The number of unbranched alkanes of at least 4 members (excludes halogenated alkanes) is 2. The maximum atomic E-state index is 11.5. The number of carboxylic acid groups (broad SMARTS) is 1. The summed E-state index contributed by atoms with van der Waals surface area (Å²) >= 11 is 0. The number of carboxylic acids is 1. The third kappa shape index (κ3) is 9.89. The molecule has 0 saturated carbocycles. The Bertz CT molecular complexity index is 246. The molecule has 0 aromatic carbocycles. The topological polar surface area (TPSA) is 78.9 Å². The van der Waals surface area contributed by atoms with E-state index in [9.17, 15) is 9.59 Å². The Balaban J connectivity index is 3.43. The van der Waals surface area contributed by atoms with E-state index in [0.29, 0.717) is 32.7 Å². The van der Waals surface area contributed by atoms with E-state index in [4.69, 9.17) is 9.84 Å². The summed E-state index contributed by atoms with van der Waals surface area (Å²) in [4.78, 5) is 23.4. The molecule has 18 heavy (non-hydrogen) atoms. The molecule has 2 N–H and O–H groups in total. The smallest absolute Gasteiger partial charge is 0.317 e. The van der Waals surface area contributed by atoms with Gasteiger partial charge in [-0.3, -0.25) is 4.79 Å². The highest BCUT2D eigenvalue weighted by Gasteiger charge is 2.06. The van der Waals surface area contributed by atoms with Crippen molar-refractivity contribution in [1.82, 2.24) is 10.2 Å². The first-order valence-corrected chi connectivity index (χ1v) is 6.36. The molecule has 0 radical (unpaired) electrons. The highest BCUT2D eigenvalue weighted by Crippen LogP contribution is 1.98. The zero-order valence-electron chi connectivity index (χ0n) is 11.3. The SMILES string of the molecule is CCOCCN(C)C(=O)NCCCCCC(=O)O. The van der Waals surface area contributed by atoms with Gasteiger partial charge in [0.15, 0.2) is 0 Å². The van der Waals surface area contributed by atoms with Crippen LogP contribution in [0.1, 0.15) is 32.6 Å². The maximum Gasteiger partial charge on any atom is 0.317 e. The van der Waals surface area contributed by atoms with Crippen molar-refractivity contribution < 1.29 is 19.4 Å². The number of hydrogen-bond acceptors (Lipinski definition) is 3. The standard InChI is InChI=1S/C12H24N2O4/c1-3-18-10-9-14(2)12(17)13-8-6-4-5-7-11(15)16/h3-10H2,1-2H3,(H,13,17)(H,15,16). The molecule has 0 spiro atoms. The van der Waals surface area contributed by atoms with Crippen molar-refractivity contribution in [1.29, 1.82) is 0 Å². The lowest BCUT2D eigenvalue weighted by Gasteiger charge is -2.17. The highest BCUT2D eigenvalue weighted by molar-refractivity contribution is 5.73. The summed E-state index contributed by atoms with van der Waals surface area (Å²) in [6.07, 6.45) is 2.47. The molecule has 0 bridgehead atoms. The largest absolute Gasteiger partial charge is 0.481 e. The molecule has 0 aliphatic carbocycles. The van der Waals surface area contributed by atoms with Crippen LogP contribution in [-0.4, -0.2) is 55.4 Å². The van der Waals surface area contributed by atoms with Crippen LogP contribution in [0, 0.1) is 0 Å². The fourth-order valence-electron chi connectivity index (χ4n) is 1.36. The molecule has 6 heteroatoms. The molecule has 0 aliphatic rings. The predicted octanol–water partition coefficient (Wildman–Crippen LogP) is 1.31. The number of likely N-dealkylation sites (N-methyl/N-ethyl adjacent to an activating group) is 1. The zero-order chi connectivity index (χ0) is 13.8. The minimum absolute atomic E-state index is 0.118. The Morgan fingerprint density at radius 3 is 2.61 bits per heavy atom. The Hall–Kier alpha value is -1.30. The molecular formula is C12H24N2O4. The van der Waals surface area contributed by atoms with E-state index in [1.807, 2.05) is 6.92 Å². The van der Waals surface area contributed by atoms with Gasteiger partial charge >= 0.3 is 12.0 Å². The number of aliphatic carboxylic acids is 1. The third-order valence-electron chi connectivity index (χ3n) is 2.47. The molecule has 0 saturated heterocycles. The van der Waals surface area contributed by atoms with Crippen molar-refractivity contribution in [3.63, 3.8) is 0 Å². The molecule has 0 rings (SSSR count). The van der Waals surface area contributed by atoms with Crippen molar-refractivity contribution in [2.24, 2.45) is 0 Å². The molecular weight excluding hydrogens is 236 g/mol. The number of amides is 2. The minimum Gasteiger partial charge on any atom is -0.481 e. The molecule has 0 aromatic heterocycles. The molecule has 0 heterocycles. The lowest BCUT2D eigenvalue weighted by molar-refractivity contribution is -0.137. The van der Waals surface area contributed by atoms with Gasteiger partial charge in [-0.1, -0.05) is 6.42 Å². The van der Waals surface area contributed by atoms with Gasteiger partial charge in [0.05, 0.1) is 6.61 Å². The highest BCUT2D eigenvalue weighted by atomic mass is 16.5. The van der Waals surface area contributed by atoms with E-state index < -0.39 is 5.97 Å². The monoisotopic (exact) mass is 260 g/mol. The Morgan fingerprint density at radius 2 is 2.00 bits per heavy atom. The van der Waals surface area contributed by atoms with E-state index in [1.165, 1.54) is 0 Å². The van der Waals surface area contributed by atoms with Crippen molar-refractivity contribution in [3.05, 3.63) is 0 Å². The van der Waals surface area contributed by atoms with E-state index in [-0.39, 0.29) is 12.5 Å². The second-order valence-corrected chi connectivity index (χ2v) is 4.05. The van der Waals surface area contributed by atoms with Crippen molar-refractivity contribution in [2.75, 3.05) is 33.4 Å². The maximum absolute atomic E-state index is 11.5. The Kier molecular flexibility index (Phi) is 10.0. The van der Waals surface area contributed by atoms with Gasteiger partial charge in [0.25, 0.3) is 0 Å². The third-order valence-corrected chi connectivity index (χ3v) is 2.47. The van der Waals surface area contributed by atoms with Gasteiger partial charge in [-0.2, -0.15) is 0 Å². The summed E-state index contributed by atoms with van der Waals surface area (Å²) in [6, 6.07) is -0.118. The number of carbonyl (C=O) groups excluding carboxylic acids is 1. The fraction of sp³-hybridized carbons (Fsp3) is 0.833. The summed E-state index contributed by atoms with van der Waals surface area (Å²) in [7, 11) is 1.72. The van der Waals surface area contributed by atoms with Crippen LogP contribution in [0.5, 0.6) is 0 Å². The predicted molar refractivity (Wildman–Crippen MR) is 68.6 cm³/mol. The summed E-state index contributed by atoms with van der Waals surface area (Å²) in [5, 5.41) is 11.2. The van der Waals surface area contributed by atoms with E-state index in [2.05, 4.69) is 5.32 Å². The fourth-order valence-corrected chi connectivity index (χ4v) is 1.36. The number of rotatable bonds is 10. The quantitative estimate of drug-likeness (QED) is 0.580. The minimum atomic E-state index is -0.769. The van der Waals surface area contributed by atoms with Crippen molar-refractivity contribution in [2.45, 2.75) is 32.6 Å². The first kappa shape index (κ1) is 16.7. The molecule has 0 aliphatic heterocycles. The zero-order valence-corrected chi connectivity index (χ0v) is 11.3. The molecule has 0 aromatic rings. The lowest BCUT2D eigenvalue weighted by Crippen LogP contribution is -2.39. The molecule has 0 unspecified atom stereocenters. The number of nitrogens with zero attached hydrogens (tertiary/aromatic N) is 1. The second-order valence-electron chi connectivity index (χ2n) is 4.05. The normalized spacial score (nSPS) is 10.1. The van der Waals surface area contributed by atoms with E-state index in [1.54, 1.807) is 11.9 Å². The summed E-state index contributed by atoms with van der Waals surface area (Å²) in [5.41, 5.74) is 0. The molecule has 106 valence electrons. The van der Waals surface area contributed by atoms with E-state index >= 15 is 0 Å². The lowest BCUT2D eigenvalue weighted by atomic mass is 10.2.